The molecule has 0 aliphatic carbocycles. The van der Waals surface area contributed by atoms with Crippen molar-refractivity contribution in [1.82, 2.24) is 0 Å². The van der Waals surface area contributed by atoms with Gasteiger partial charge < -0.3 is 5.73 Å². The molecule has 0 radical (unpaired) electrons. The molecule has 1 unspecified atom stereocenters. The van der Waals surface area contributed by atoms with Gasteiger partial charge in [-0.25, -0.2) is 4.39 Å². The summed E-state index contributed by atoms with van der Waals surface area (Å²) >= 11 is 5.68. The fraction of sp³-hybridized carbons (Fsp3) is 0.455. The highest BCUT2D eigenvalue weighted by atomic mass is 35.5. The zero-order valence-electron chi connectivity index (χ0n) is 8.26. The smallest absolute Gasteiger partial charge is 0.141 e. The molecule has 0 spiro atoms. The number of benzene rings is 1. The Bertz CT molecular complexity index is 297. The van der Waals surface area contributed by atoms with Crippen LogP contribution >= 0.6 is 11.6 Å². The van der Waals surface area contributed by atoms with Gasteiger partial charge in [-0.1, -0.05) is 31.0 Å². The molecule has 0 aromatic heterocycles. The minimum atomic E-state index is -0.365. The molecule has 0 aliphatic rings. The summed E-state index contributed by atoms with van der Waals surface area (Å²) in [6.45, 7) is 2.76. The molecule has 1 atom stereocenters. The van der Waals surface area contributed by atoms with Gasteiger partial charge in [-0.15, -0.1) is 0 Å². The molecule has 1 aromatic carbocycles. The number of hydrogen-bond acceptors (Lipinski definition) is 1. The van der Waals surface area contributed by atoms with Gasteiger partial charge in [-0.2, -0.15) is 0 Å². The van der Waals surface area contributed by atoms with Gasteiger partial charge in [0.15, 0.2) is 0 Å². The molecule has 0 saturated heterocycles. The van der Waals surface area contributed by atoms with Crippen LogP contribution in [0.4, 0.5) is 4.39 Å². The second-order valence-corrected chi connectivity index (χ2v) is 3.87. The lowest BCUT2D eigenvalue weighted by molar-refractivity contribution is 0.518. The maximum absolute atomic E-state index is 12.8. The van der Waals surface area contributed by atoms with Crippen molar-refractivity contribution >= 4 is 11.6 Å². The number of halogens is 2. The fourth-order valence-corrected chi connectivity index (χ4v) is 1.60. The van der Waals surface area contributed by atoms with Gasteiger partial charge in [0.2, 0.25) is 0 Å². The lowest BCUT2D eigenvalue weighted by Gasteiger charge is -2.12. The zero-order chi connectivity index (χ0) is 10.6. The molecular formula is C11H15ClFN. The molecule has 14 heavy (non-hydrogen) atoms. The van der Waals surface area contributed by atoms with E-state index < -0.39 is 0 Å². The summed E-state index contributed by atoms with van der Waals surface area (Å²) in [5.74, 6) is 0.0905. The van der Waals surface area contributed by atoms with E-state index in [0.29, 0.717) is 12.5 Å². The Hall–Kier alpha value is -0.600. The molecule has 0 saturated carbocycles. The van der Waals surface area contributed by atoms with E-state index in [9.17, 15) is 4.39 Å². The molecule has 0 aliphatic heterocycles. The molecule has 0 amide bonds. The fourth-order valence-electron chi connectivity index (χ4n) is 1.39. The summed E-state index contributed by atoms with van der Waals surface area (Å²) in [6.07, 6.45) is 1.90. The van der Waals surface area contributed by atoms with E-state index in [0.717, 1.165) is 18.4 Å². The predicted molar refractivity (Wildman–Crippen MR) is 57.9 cm³/mol. The van der Waals surface area contributed by atoms with Crippen LogP contribution in [0.5, 0.6) is 0 Å². The van der Waals surface area contributed by atoms with E-state index in [1.165, 1.54) is 6.07 Å². The minimum absolute atomic E-state index is 0.189. The largest absolute Gasteiger partial charge is 0.330 e. The molecular weight excluding hydrogens is 201 g/mol. The van der Waals surface area contributed by atoms with E-state index in [-0.39, 0.29) is 10.8 Å². The van der Waals surface area contributed by atoms with Crippen molar-refractivity contribution in [2.24, 2.45) is 11.7 Å². The van der Waals surface area contributed by atoms with E-state index >= 15 is 0 Å². The summed E-state index contributed by atoms with van der Waals surface area (Å²) < 4.78 is 12.8. The number of rotatable bonds is 4. The van der Waals surface area contributed by atoms with Gasteiger partial charge in [0.25, 0.3) is 0 Å². The van der Waals surface area contributed by atoms with Crippen molar-refractivity contribution in [3.05, 3.63) is 34.6 Å². The summed E-state index contributed by atoms with van der Waals surface area (Å²) in [4.78, 5) is 0. The van der Waals surface area contributed by atoms with Gasteiger partial charge in [-0.3, -0.25) is 0 Å². The molecule has 1 rings (SSSR count). The quantitative estimate of drug-likeness (QED) is 0.821. The van der Waals surface area contributed by atoms with E-state index in [1.54, 1.807) is 12.1 Å². The molecule has 0 bridgehead atoms. The Balaban J connectivity index is 2.72. The molecule has 1 nitrogen and oxygen atoms in total. The SMILES string of the molecule is CCC(CN)Cc1ccc(F)c(Cl)c1. The Morgan fingerprint density at radius 3 is 2.71 bits per heavy atom. The third-order valence-corrected chi connectivity index (χ3v) is 2.71. The van der Waals surface area contributed by atoms with Crippen LogP contribution in [0.15, 0.2) is 18.2 Å². The topological polar surface area (TPSA) is 26.0 Å². The van der Waals surface area contributed by atoms with Crippen LogP contribution in [-0.4, -0.2) is 6.54 Å². The van der Waals surface area contributed by atoms with Gasteiger partial charge in [-0.05, 0) is 36.6 Å². The van der Waals surface area contributed by atoms with E-state index in [1.807, 2.05) is 0 Å². The monoisotopic (exact) mass is 215 g/mol. The second kappa shape index (κ2) is 5.32. The third-order valence-electron chi connectivity index (χ3n) is 2.42. The molecule has 78 valence electrons. The summed E-state index contributed by atoms with van der Waals surface area (Å²) in [5.41, 5.74) is 6.64. The lowest BCUT2D eigenvalue weighted by atomic mass is 9.97. The van der Waals surface area contributed by atoms with Gasteiger partial charge in [0, 0.05) is 0 Å². The normalized spacial score (nSPS) is 12.9. The highest BCUT2D eigenvalue weighted by molar-refractivity contribution is 6.30. The first kappa shape index (κ1) is 11.5. The van der Waals surface area contributed by atoms with Crippen LogP contribution in [0.25, 0.3) is 0 Å². The average Bonchev–Trinajstić information content (AvgIpc) is 2.19. The van der Waals surface area contributed by atoms with Crippen molar-refractivity contribution in [1.29, 1.82) is 0 Å². The Morgan fingerprint density at radius 2 is 2.21 bits per heavy atom. The maximum Gasteiger partial charge on any atom is 0.141 e. The number of hydrogen-bond donors (Lipinski definition) is 1. The Labute approximate surface area is 89.1 Å². The van der Waals surface area contributed by atoms with Crippen molar-refractivity contribution < 1.29 is 4.39 Å². The summed E-state index contributed by atoms with van der Waals surface area (Å²) in [7, 11) is 0. The van der Waals surface area contributed by atoms with Crippen molar-refractivity contribution in [2.45, 2.75) is 19.8 Å². The second-order valence-electron chi connectivity index (χ2n) is 3.46. The van der Waals surface area contributed by atoms with Crippen LogP contribution in [0.1, 0.15) is 18.9 Å². The van der Waals surface area contributed by atoms with Crippen LogP contribution < -0.4 is 5.73 Å². The predicted octanol–water partition coefficient (Wildman–Crippen LogP) is 3.01. The van der Waals surface area contributed by atoms with Crippen molar-refractivity contribution in [2.75, 3.05) is 6.54 Å². The number of nitrogens with two attached hydrogens (primary N) is 1. The van der Waals surface area contributed by atoms with Crippen molar-refractivity contribution in [3.63, 3.8) is 0 Å². The van der Waals surface area contributed by atoms with Crippen LogP contribution in [-0.2, 0) is 6.42 Å². The lowest BCUT2D eigenvalue weighted by Crippen LogP contribution is -2.15. The summed E-state index contributed by atoms with van der Waals surface area (Å²) in [6, 6.07) is 4.84. The van der Waals surface area contributed by atoms with Crippen molar-refractivity contribution in [3.8, 4) is 0 Å². The molecule has 1 aromatic rings. The molecule has 0 heterocycles. The summed E-state index contributed by atoms with van der Waals surface area (Å²) in [5, 5.41) is 0.189. The standard InChI is InChI=1S/C11H15ClFN/c1-2-8(7-14)5-9-3-4-11(13)10(12)6-9/h3-4,6,8H,2,5,7,14H2,1H3. The maximum atomic E-state index is 12.8. The van der Waals surface area contributed by atoms with Crippen LogP contribution in [0.3, 0.4) is 0 Å². The molecule has 2 N–H and O–H groups in total. The van der Waals surface area contributed by atoms with E-state index in [4.69, 9.17) is 17.3 Å². The molecule has 3 heteroatoms. The van der Waals surface area contributed by atoms with Gasteiger partial charge >= 0.3 is 0 Å². The third kappa shape index (κ3) is 2.96. The first-order valence-corrected chi connectivity index (χ1v) is 5.19. The zero-order valence-corrected chi connectivity index (χ0v) is 9.02. The van der Waals surface area contributed by atoms with Crippen LogP contribution in [0, 0.1) is 11.7 Å². The highest BCUT2D eigenvalue weighted by Gasteiger charge is 2.07. The first-order valence-electron chi connectivity index (χ1n) is 4.81. The Kier molecular flexibility index (Phi) is 4.36. The highest BCUT2D eigenvalue weighted by Crippen LogP contribution is 2.19. The molecule has 0 fully saturated rings. The minimum Gasteiger partial charge on any atom is -0.330 e. The average molecular weight is 216 g/mol. The van der Waals surface area contributed by atoms with Gasteiger partial charge in [0.05, 0.1) is 5.02 Å². The van der Waals surface area contributed by atoms with Crippen LogP contribution in [0.2, 0.25) is 5.02 Å². The first-order chi connectivity index (χ1) is 6.67. The van der Waals surface area contributed by atoms with Gasteiger partial charge in [0.1, 0.15) is 5.82 Å². The Morgan fingerprint density at radius 1 is 1.50 bits per heavy atom. The van der Waals surface area contributed by atoms with E-state index in [2.05, 4.69) is 6.92 Å².